The van der Waals surface area contributed by atoms with Gasteiger partial charge in [0.05, 0.1) is 11.1 Å². The number of H-pyrrole nitrogens is 1. The van der Waals surface area contributed by atoms with Crippen molar-refractivity contribution in [3.05, 3.63) is 87.2 Å². The molecule has 0 saturated carbocycles. The number of likely N-dealkylation sites (tertiary alicyclic amines) is 2. The Hall–Kier alpha value is -4.31. The second-order valence-electron chi connectivity index (χ2n) is 11.6. The average molecular weight is 588 g/mol. The molecule has 2 fully saturated rings. The van der Waals surface area contributed by atoms with Crippen molar-refractivity contribution in [1.29, 1.82) is 0 Å². The third kappa shape index (κ3) is 5.59. The Labute approximate surface area is 249 Å². The summed E-state index contributed by atoms with van der Waals surface area (Å²) in [6.07, 6.45) is 6.13. The lowest BCUT2D eigenvalue weighted by atomic mass is 10.0. The molecule has 224 valence electrons. The molecule has 3 amide bonds. The number of carbonyl (C=O) groups excluding carboxylic acids is 3. The Balaban J connectivity index is 1.23. The minimum Gasteiger partial charge on any atom is -0.358 e. The second kappa shape index (κ2) is 11.8. The molecule has 0 spiro atoms. The SMILES string of the molecule is Cc1[nH]c(C=C2C(=O)Nc3ccc(C(=O)NCc4c(F)cccc4F)cc32)c(C)c1C(=O)N1CCC[C@@H]1CN1CCCC1. The van der Waals surface area contributed by atoms with E-state index in [2.05, 4.69) is 20.5 Å². The van der Waals surface area contributed by atoms with Crippen LogP contribution >= 0.6 is 0 Å². The maximum atomic E-state index is 14.0. The van der Waals surface area contributed by atoms with E-state index in [0.717, 1.165) is 62.4 Å². The van der Waals surface area contributed by atoms with Gasteiger partial charge in [0, 0.05) is 59.4 Å². The molecule has 3 aliphatic rings. The van der Waals surface area contributed by atoms with Gasteiger partial charge in [-0.15, -0.1) is 0 Å². The van der Waals surface area contributed by atoms with Crippen molar-refractivity contribution < 1.29 is 23.2 Å². The van der Waals surface area contributed by atoms with Crippen LogP contribution in [0.4, 0.5) is 14.5 Å². The number of amides is 3. The summed E-state index contributed by atoms with van der Waals surface area (Å²) >= 11 is 0. The van der Waals surface area contributed by atoms with Crippen molar-refractivity contribution in [1.82, 2.24) is 20.1 Å². The number of hydrogen-bond donors (Lipinski definition) is 3. The van der Waals surface area contributed by atoms with Crippen molar-refractivity contribution in [2.75, 3.05) is 31.5 Å². The van der Waals surface area contributed by atoms with Gasteiger partial charge in [-0.1, -0.05) is 6.07 Å². The van der Waals surface area contributed by atoms with E-state index in [-0.39, 0.29) is 35.5 Å². The van der Waals surface area contributed by atoms with E-state index in [1.54, 1.807) is 24.3 Å². The van der Waals surface area contributed by atoms with Crippen molar-refractivity contribution >= 4 is 35.1 Å². The summed E-state index contributed by atoms with van der Waals surface area (Å²) in [5.74, 6) is -2.32. The summed E-state index contributed by atoms with van der Waals surface area (Å²) in [6, 6.07) is 8.49. The standard InChI is InChI=1S/C33H35F2N5O3/c1-19-29(37-20(2)30(19)33(43)40-14-6-7-22(40)18-39-12-3-4-13-39)16-24-23-15-21(10-11-28(23)38-32(24)42)31(41)36-17-25-26(34)8-5-9-27(25)35/h5,8-11,15-16,22,37H,3-4,6-7,12-14,17-18H2,1-2H3,(H,36,41)(H,38,42)/t22-/m1/s1. The van der Waals surface area contributed by atoms with Crippen LogP contribution in [0.5, 0.6) is 0 Å². The average Bonchev–Trinajstić information content (AvgIpc) is 3.77. The van der Waals surface area contributed by atoms with E-state index in [1.165, 1.54) is 18.9 Å². The molecule has 2 saturated heterocycles. The summed E-state index contributed by atoms with van der Waals surface area (Å²) in [5.41, 5.74) is 4.23. The number of rotatable bonds is 7. The molecule has 3 aliphatic heterocycles. The first kappa shape index (κ1) is 28.8. The summed E-state index contributed by atoms with van der Waals surface area (Å²) in [4.78, 5) is 47.5. The molecule has 6 rings (SSSR count). The fraction of sp³-hybridized carbons (Fsp3) is 0.364. The number of nitrogens with one attached hydrogen (secondary N) is 3. The highest BCUT2D eigenvalue weighted by Gasteiger charge is 2.34. The van der Waals surface area contributed by atoms with Crippen LogP contribution in [0.1, 0.15) is 74.5 Å². The minimum absolute atomic E-state index is 0.0131. The molecule has 43 heavy (non-hydrogen) atoms. The molecule has 1 atom stereocenters. The maximum absolute atomic E-state index is 14.0. The van der Waals surface area contributed by atoms with Crippen LogP contribution in [0, 0.1) is 25.5 Å². The van der Waals surface area contributed by atoms with Crippen LogP contribution in [-0.4, -0.2) is 64.7 Å². The topological polar surface area (TPSA) is 97.5 Å². The molecule has 3 aromatic rings. The first-order valence-electron chi connectivity index (χ1n) is 14.8. The van der Waals surface area contributed by atoms with Gasteiger partial charge in [-0.3, -0.25) is 14.4 Å². The second-order valence-corrected chi connectivity index (χ2v) is 11.6. The predicted octanol–water partition coefficient (Wildman–Crippen LogP) is 5.03. The summed E-state index contributed by atoms with van der Waals surface area (Å²) < 4.78 is 28.0. The number of fused-ring (bicyclic) bond motifs is 1. The molecule has 0 radical (unpaired) electrons. The highest BCUT2D eigenvalue weighted by molar-refractivity contribution is 6.35. The van der Waals surface area contributed by atoms with Crippen LogP contribution in [0.3, 0.4) is 0 Å². The Morgan fingerprint density at radius 2 is 1.79 bits per heavy atom. The van der Waals surface area contributed by atoms with Crippen LogP contribution in [0.25, 0.3) is 11.6 Å². The van der Waals surface area contributed by atoms with E-state index in [9.17, 15) is 23.2 Å². The lowest BCUT2D eigenvalue weighted by Gasteiger charge is -2.28. The smallest absolute Gasteiger partial charge is 0.256 e. The summed E-state index contributed by atoms with van der Waals surface area (Å²) in [6.45, 7) is 7.27. The van der Waals surface area contributed by atoms with Crippen LogP contribution < -0.4 is 10.6 Å². The van der Waals surface area contributed by atoms with Gasteiger partial charge in [0.15, 0.2) is 0 Å². The first-order chi connectivity index (χ1) is 20.7. The number of aromatic nitrogens is 1. The van der Waals surface area contributed by atoms with Gasteiger partial charge in [-0.2, -0.15) is 0 Å². The normalized spacial score (nSPS) is 19.3. The van der Waals surface area contributed by atoms with E-state index >= 15 is 0 Å². The van der Waals surface area contributed by atoms with E-state index in [4.69, 9.17) is 0 Å². The zero-order valence-electron chi connectivity index (χ0n) is 24.4. The van der Waals surface area contributed by atoms with Crippen LogP contribution in [0.15, 0.2) is 36.4 Å². The van der Waals surface area contributed by atoms with Crippen molar-refractivity contribution in [3.63, 3.8) is 0 Å². The minimum atomic E-state index is -0.740. The third-order valence-electron chi connectivity index (χ3n) is 8.84. The van der Waals surface area contributed by atoms with Gasteiger partial charge in [0.1, 0.15) is 11.6 Å². The maximum Gasteiger partial charge on any atom is 0.256 e. The van der Waals surface area contributed by atoms with Crippen molar-refractivity contribution in [3.8, 4) is 0 Å². The highest BCUT2D eigenvalue weighted by Crippen LogP contribution is 2.35. The van der Waals surface area contributed by atoms with E-state index < -0.39 is 17.5 Å². The van der Waals surface area contributed by atoms with Crippen LogP contribution in [-0.2, 0) is 11.3 Å². The Bertz CT molecular complexity index is 1620. The molecule has 0 unspecified atom stereocenters. The first-order valence-corrected chi connectivity index (χ1v) is 14.8. The molecule has 10 heteroatoms. The van der Waals surface area contributed by atoms with Gasteiger partial charge >= 0.3 is 0 Å². The number of anilines is 1. The number of aromatic amines is 1. The molecule has 8 nitrogen and oxygen atoms in total. The molecule has 0 bridgehead atoms. The number of halogens is 2. The number of carbonyl (C=O) groups is 3. The fourth-order valence-electron chi connectivity index (χ4n) is 6.53. The Morgan fingerprint density at radius 3 is 2.53 bits per heavy atom. The molecule has 1 aromatic heterocycles. The third-order valence-corrected chi connectivity index (χ3v) is 8.84. The predicted molar refractivity (Wildman–Crippen MR) is 160 cm³/mol. The van der Waals surface area contributed by atoms with Crippen molar-refractivity contribution in [2.45, 2.75) is 52.1 Å². The van der Waals surface area contributed by atoms with E-state index in [1.807, 2.05) is 18.7 Å². The highest BCUT2D eigenvalue weighted by atomic mass is 19.1. The molecule has 3 N–H and O–H groups in total. The molecule has 0 aliphatic carbocycles. The largest absolute Gasteiger partial charge is 0.358 e. The number of aryl methyl sites for hydroxylation is 1. The summed E-state index contributed by atoms with van der Waals surface area (Å²) in [7, 11) is 0. The zero-order valence-corrected chi connectivity index (χ0v) is 24.4. The quantitative estimate of drug-likeness (QED) is 0.338. The molecule has 4 heterocycles. The van der Waals surface area contributed by atoms with Gasteiger partial charge in [-0.25, -0.2) is 8.78 Å². The lowest BCUT2D eigenvalue weighted by molar-refractivity contribution is -0.110. The van der Waals surface area contributed by atoms with Gasteiger partial charge in [-0.05, 0) is 94.6 Å². The molecular formula is C33H35F2N5O3. The fourth-order valence-corrected chi connectivity index (χ4v) is 6.53. The summed E-state index contributed by atoms with van der Waals surface area (Å²) in [5, 5.41) is 5.38. The lowest BCUT2D eigenvalue weighted by Crippen LogP contribution is -2.42. The van der Waals surface area contributed by atoms with Crippen LogP contribution in [0.2, 0.25) is 0 Å². The molecule has 2 aromatic carbocycles. The van der Waals surface area contributed by atoms with E-state index in [0.29, 0.717) is 28.1 Å². The monoisotopic (exact) mass is 587 g/mol. The van der Waals surface area contributed by atoms with Crippen molar-refractivity contribution in [2.24, 2.45) is 0 Å². The number of benzene rings is 2. The van der Waals surface area contributed by atoms with Gasteiger partial charge in [0.2, 0.25) is 0 Å². The number of nitrogens with zero attached hydrogens (tertiary/aromatic N) is 2. The zero-order chi connectivity index (χ0) is 30.2. The Morgan fingerprint density at radius 1 is 1.05 bits per heavy atom. The van der Waals surface area contributed by atoms with Gasteiger partial charge < -0.3 is 25.4 Å². The van der Waals surface area contributed by atoms with Gasteiger partial charge in [0.25, 0.3) is 17.7 Å². The number of hydrogen-bond acceptors (Lipinski definition) is 4. The molecular weight excluding hydrogens is 552 g/mol. The Kier molecular flexibility index (Phi) is 7.87.